The van der Waals surface area contributed by atoms with E-state index in [0.717, 1.165) is 23.2 Å². The molecule has 1 N–H and O–H groups in total. The van der Waals surface area contributed by atoms with Gasteiger partial charge in [-0.05, 0) is 53.4 Å². The van der Waals surface area contributed by atoms with Crippen LogP contribution in [0.15, 0.2) is 41.9 Å². The number of nitrogens with zero attached hydrogens (tertiary/aromatic N) is 1. The molecule has 0 spiro atoms. The van der Waals surface area contributed by atoms with Crippen LogP contribution in [0.3, 0.4) is 0 Å². The molecule has 21 heavy (non-hydrogen) atoms. The summed E-state index contributed by atoms with van der Waals surface area (Å²) in [5.74, 6) is 0. The SMILES string of the molecule is CCNC(c1cnc2ccsc2c1)c1cc(Cl)ccc1Cl. The van der Waals surface area contributed by atoms with Gasteiger partial charge in [0.2, 0.25) is 0 Å². The van der Waals surface area contributed by atoms with Crippen LogP contribution in [0, 0.1) is 0 Å². The molecule has 0 fully saturated rings. The largest absolute Gasteiger partial charge is 0.306 e. The first-order chi connectivity index (χ1) is 10.2. The summed E-state index contributed by atoms with van der Waals surface area (Å²) in [6.45, 7) is 2.90. The summed E-state index contributed by atoms with van der Waals surface area (Å²) >= 11 is 14.2. The fourth-order valence-corrected chi connectivity index (χ4v) is 3.56. The molecule has 0 saturated carbocycles. The fourth-order valence-electron chi connectivity index (χ4n) is 2.37. The maximum absolute atomic E-state index is 6.36. The zero-order valence-corrected chi connectivity index (χ0v) is 13.8. The van der Waals surface area contributed by atoms with Crippen LogP contribution in [-0.2, 0) is 0 Å². The third-order valence-electron chi connectivity index (χ3n) is 3.33. The second kappa shape index (κ2) is 6.32. The Morgan fingerprint density at radius 2 is 2.10 bits per heavy atom. The van der Waals surface area contributed by atoms with Crippen LogP contribution in [0.2, 0.25) is 10.0 Å². The Balaban J connectivity index is 2.09. The molecule has 0 bridgehead atoms. The quantitative estimate of drug-likeness (QED) is 0.698. The predicted octanol–water partition coefficient (Wildman–Crippen LogP) is 5.30. The monoisotopic (exact) mass is 336 g/mol. The van der Waals surface area contributed by atoms with Gasteiger partial charge in [-0.2, -0.15) is 0 Å². The zero-order chi connectivity index (χ0) is 14.8. The smallest absolute Gasteiger partial charge is 0.0809 e. The van der Waals surface area contributed by atoms with Crippen molar-refractivity contribution in [2.24, 2.45) is 0 Å². The zero-order valence-electron chi connectivity index (χ0n) is 11.4. The van der Waals surface area contributed by atoms with Crippen molar-refractivity contribution in [3.05, 3.63) is 63.1 Å². The van der Waals surface area contributed by atoms with Gasteiger partial charge < -0.3 is 5.32 Å². The minimum absolute atomic E-state index is 0.0137. The predicted molar refractivity (Wildman–Crippen MR) is 91.6 cm³/mol. The van der Waals surface area contributed by atoms with Crippen molar-refractivity contribution in [2.75, 3.05) is 6.54 Å². The third kappa shape index (κ3) is 3.06. The van der Waals surface area contributed by atoms with Crippen LogP contribution in [0.1, 0.15) is 24.1 Å². The van der Waals surface area contributed by atoms with Crippen LogP contribution in [0.5, 0.6) is 0 Å². The van der Waals surface area contributed by atoms with Crippen molar-refractivity contribution in [1.29, 1.82) is 0 Å². The van der Waals surface area contributed by atoms with E-state index in [-0.39, 0.29) is 6.04 Å². The van der Waals surface area contributed by atoms with Crippen molar-refractivity contribution < 1.29 is 0 Å². The Kier molecular flexibility index (Phi) is 4.45. The van der Waals surface area contributed by atoms with Crippen LogP contribution in [-0.4, -0.2) is 11.5 Å². The molecule has 1 unspecified atom stereocenters. The van der Waals surface area contributed by atoms with Gasteiger partial charge in [-0.3, -0.25) is 4.98 Å². The summed E-state index contributed by atoms with van der Waals surface area (Å²) in [5, 5.41) is 6.90. The summed E-state index contributed by atoms with van der Waals surface area (Å²) in [4.78, 5) is 4.52. The molecule has 0 aliphatic rings. The molecular weight excluding hydrogens is 323 g/mol. The summed E-state index contributed by atoms with van der Waals surface area (Å²) < 4.78 is 1.17. The van der Waals surface area contributed by atoms with Gasteiger partial charge in [-0.15, -0.1) is 11.3 Å². The highest BCUT2D eigenvalue weighted by Gasteiger charge is 2.17. The average Bonchev–Trinajstić information content (AvgIpc) is 2.95. The number of benzene rings is 1. The van der Waals surface area contributed by atoms with Gasteiger partial charge in [0.25, 0.3) is 0 Å². The number of nitrogens with one attached hydrogen (secondary N) is 1. The van der Waals surface area contributed by atoms with E-state index in [4.69, 9.17) is 23.2 Å². The number of thiophene rings is 1. The summed E-state index contributed by atoms with van der Waals surface area (Å²) in [7, 11) is 0. The van der Waals surface area contributed by atoms with E-state index in [2.05, 4.69) is 28.7 Å². The minimum Gasteiger partial charge on any atom is -0.306 e. The lowest BCUT2D eigenvalue weighted by Crippen LogP contribution is -2.22. The van der Waals surface area contributed by atoms with Crippen LogP contribution >= 0.6 is 34.5 Å². The van der Waals surface area contributed by atoms with Crippen molar-refractivity contribution in [2.45, 2.75) is 13.0 Å². The number of rotatable bonds is 4. The van der Waals surface area contributed by atoms with Gasteiger partial charge >= 0.3 is 0 Å². The molecule has 5 heteroatoms. The molecule has 0 radical (unpaired) electrons. The molecule has 2 nitrogen and oxygen atoms in total. The molecule has 0 aliphatic carbocycles. The summed E-state index contributed by atoms with van der Waals surface area (Å²) in [6, 6.07) is 9.73. The van der Waals surface area contributed by atoms with E-state index in [1.807, 2.05) is 24.4 Å². The number of halogens is 2. The molecule has 2 heterocycles. The first kappa shape index (κ1) is 14.8. The third-order valence-corrected chi connectivity index (χ3v) is 4.77. The van der Waals surface area contributed by atoms with E-state index in [1.165, 1.54) is 4.70 Å². The van der Waals surface area contributed by atoms with Crippen molar-refractivity contribution in [3.63, 3.8) is 0 Å². The summed E-state index contributed by atoms with van der Waals surface area (Å²) in [6.07, 6.45) is 1.90. The molecule has 1 aromatic carbocycles. The molecule has 0 amide bonds. The molecule has 3 aromatic rings. The lowest BCUT2D eigenvalue weighted by Gasteiger charge is -2.20. The molecule has 0 saturated heterocycles. The normalized spacial score (nSPS) is 12.7. The lowest BCUT2D eigenvalue weighted by atomic mass is 10.00. The fraction of sp³-hybridized carbons (Fsp3) is 0.188. The minimum atomic E-state index is -0.0137. The average molecular weight is 337 g/mol. The van der Waals surface area contributed by atoms with E-state index in [0.29, 0.717) is 10.0 Å². The van der Waals surface area contributed by atoms with Crippen molar-refractivity contribution in [1.82, 2.24) is 10.3 Å². The highest BCUT2D eigenvalue weighted by atomic mass is 35.5. The number of hydrogen-bond acceptors (Lipinski definition) is 3. The van der Waals surface area contributed by atoms with E-state index < -0.39 is 0 Å². The number of hydrogen-bond donors (Lipinski definition) is 1. The first-order valence-corrected chi connectivity index (χ1v) is 8.34. The molecule has 1 atom stereocenters. The van der Waals surface area contributed by atoms with E-state index >= 15 is 0 Å². The Morgan fingerprint density at radius 3 is 2.90 bits per heavy atom. The topological polar surface area (TPSA) is 24.9 Å². The maximum Gasteiger partial charge on any atom is 0.0809 e. The van der Waals surface area contributed by atoms with Crippen LogP contribution in [0.25, 0.3) is 10.2 Å². The molecule has 108 valence electrons. The van der Waals surface area contributed by atoms with Gasteiger partial charge in [0.05, 0.1) is 16.3 Å². The Labute approximate surface area is 137 Å². The molecular formula is C16H14Cl2N2S. The van der Waals surface area contributed by atoms with Crippen molar-refractivity contribution >= 4 is 44.8 Å². The lowest BCUT2D eigenvalue weighted by molar-refractivity contribution is 0.630. The van der Waals surface area contributed by atoms with Gasteiger partial charge in [-0.25, -0.2) is 0 Å². The van der Waals surface area contributed by atoms with Crippen molar-refractivity contribution in [3.8, 4) is 0 Å². The second-order valence-corrected chi connectivity index (χ2v) is 6.52. The van der Waals surface area contributed by atoms with E-state index in [9.17, 15) is 0 Å². The van der Waals surface area contributed by atoms with Gasteiger partial charge in [0, 0.05) is 16.2 Å². The van der Waals surface area contributed by atoms with Gasteiger partial charge in [0.15, 0.2) is 0 Å². The first-order valence-electron chi connectivity index (χ1n) is 6.70. The summed E-state index contributed by atoms with van der Waals surface area (Å²) in [5.41, 5.74) is 3.09. The molecule has 3 rings (SSSR count). The number of fused-ring (bicyclic) bond motifs is 1. The number of pyridine rings is 1. The van der Waals surface area contributed by atoms with Gasteiger partial charge in [-0.1, -0.05) is 30.1 Å². The highest BCUT2D eigenvalue weighted by Crippen LogP contribution is 2.32. The standard InChI is InChI=1S/C16H14Cl2N2S/c1-2-19-16(12-8-11(17)3-4-13(12)18)10-7-15-14(20-9-10)5-6-21-15/h3-9,16,19H,2H2,1H3. The Bertz CT molecular complexity index is 770. The Hall–Kier alpha value is -1.13. The van der Waals surface area contributed by atoms with Gasteiger partial charge in [0.1, 0.15) is 0 Å². The van der Waals surface area contributed by atoms with Crippen LogP contribution < -0.4 is 5.32 Å². The molecule has 2 aromatic heterocycles. The number of aromatic nitrogens is 1. The van der Waals surface area contributed by atoms with E-state index in [1.54, 1.807) is 17.4 Å². The second-order valence-electron chi connectivity index (χ2n) is 4.73. The van der Waals surface area contributed by atoms with Crippen LogP contribution in [0.4, 0.5) is 0 Å². The highest BCUT2D eigenvalue weighted by molar-refractivity contribution is 7.17. The maximum atomic E-state index is 6.36. The Morgan fingerprint density at radius 1 is 1.24 bits per heavy atom. The molecule has 0 aliphatic heterocycles.